The average molecular weight is 164 g/mol. The van der Waals surface area contributed by atoms with E-state index >= 15 is 0 Å². The molecule has 0 aliphatic carbocycles. The summed E-state index contributed by atoms with van der Waals surface area (Å²) < 4.78 is 4.57. The molecule has 0 saturated carbocycles. The predicted molar refractivity (Wildman–Crippen MR) is 31.3 cm³/mol. The normalized spacial score (nSPS) is 9.18. The van der Waals surface area contributed by atoms with Crippen LogP contribution in [-0.4, -0.2) is 30.4 Å². The van der Waals surface area contributed by atoms with Crippen molar-refractivity contribution in [1.82, 2.24) is 0 Å². The molecule has 0 aliphatic heterocycles. The molecular weight excluding hydrogens is 156 g/mol. The number of carbonyl (C=O) groups is 2. The highest BCUT2D eigenvalue weighted by Gasteiger charge is 2.13. The Hall–Kier alpha value is -1.14. The number of carboxylic acids is 1. The first kappa shape index (κ1) is 9.86. The van der Waals surface area contributed by atoms with Gasteiger partial charge in [0, 0.05) is 6.61 Å². The summed E-state index contributed by atoms with van der Waals surface area (Å²) in [5, 5.41) is 7.94. The van der Waals surface area contributed by atoms with E-state index in [0.717, 1.165) is 0 Å². The minimum atomic E-state index is -1.71. The fourth-order valence-electron chi connectivity index (χ4n) is 0.231. The lowest BCUT2D eigenvalue weighted by Gasteiger charge is -1.99. The van der Waals surface area contributed by atoms with Crippen LogP contribution in [-0.2, 0) is 24.1 Å². The minimum absolute atomic E-state index is 0.268. The summed E-state index contributed by atoms with van der Waals surface area (Å²) >= 11 is 0. The van der Waals surface area contributed by atoms with E-state index in [-0.39, 0.29) is 6.79 Å². The van der Waals surface area contributed by atoms with Gasteiger partial charge in [-0.3, -0.25) is 4.89 Å². The summed E-state index contributed by atoms with van der Waals surface area (Å²) in [6.07, 6.45) is 0. The fraction of sp³-hybridized carbons (Fsp3) is 0.600. The quantitative estimate of drug-likeness (QED) is 0.199. The monoisotopic (exact) mass is 164 g/mol. The SMILES string of the molecule is CCOCOOC(=O)C(=O)O. The van der Waals surface area contributed by atoms with Gasteiger partial charge >= 0.3 is 11.9 Å². The Balaban J connectivity index is 3.25. The van der Waals surface area contributed by atoms with Crippen molar-refractivity contribution in [3.8, 4) is 0 Å². The number of carbonyl (C=O) groups excluding carboxylic acids is 1. The highest BCUT2D eigenvalue weighted by atomic mass is 17.2. The summed E-state index contributed by atoms with van der Waals surface area (Å²) in [5.74, 6) is -3.17. The highest BCUT2D eigenvalue weighted by molar-refractivity contribution is 6.28. The number of rotatable bonds is 4. The second kappa shape index (κ2) is 5.63. The summed E-state index contributed by atoms with van der Waals surface area (Å²) in [4.78, 5) is 27.7. The van der Waals surface area contributed by atoms with Crippen LogP contribution in [0.3, 0.4) is 0 Å². The van der Waals surface area contributed by atoms with E-state index in [4.69, 9.17) is 5.11 Å². The third-order valence-electron chi connectivity index (χ3n) is 0.645. The minimum Gasteiger partial charge on any atom is -0.473 e. The van der Waals surface area contributed by atoms with Gasteiger partial charge in [0.1, 0.15) is 0 Å². The molecule has 0 aromatic rings. The fourth-order valence-corrected chi connectivity index (χ4v) is 0.231. The van der Waals surface area contributed by atoms with Gasteiger partial charge in [0.25, 0.3) is 0 Å². The van der Waals surface area contributed by atoms with Crippen LogP contribution in [0.4, 0.5) is 0 Å². The van der Waals surface area contributed by atoms with Crippen LogP contribution in [0.2, 0.25) is 0 Å². The van der Waals surface area contributed by atoms with Gasteiger partial charge in [0.2, 0.25) is 0 Å². The predicted octanol–water partition coefficient (Wildman–Crippen LogP) is -0.460. The molecule has 0 fully saturated rings. The summed E-state index contributed by atoms with van der Waals surface area (Å²) in [5.41, 5.74) is 0. The molecule has 0 amide bonds. The maximum absolute atomic E-state index is 10.1. The van der Waals surface area contributed by atoms with E-state index in [1.54, 1.807) is 6.92 Å². The number of aliphatic carboxylic acids is 1. The molecule has 0 atom stereocenters. The summed E-state index contributed by atoms with van der Waals surface area (Å²) in [6.45, 7) is 1.84. The Morgan fingerprint density at radius 1 is 1.45 bits per heavy atom. The van der Waals surface area contributed by atoms with E-state index < -0.39 is 11.9 Å². The van der Waals surface area contributed by atoms with Crippen molar-refractivity contribution in [2.75, 3.05) is 13.4 Å². The zero-order valence-corrected chi connectivity index (χ0v) is 5.90. The topological polar surface area (TPSA) is 82.1 Å². The molecule has 6 nitrogen and oxygen atoms in total. The Kier molecular flexibility index (Phi) is 5.05. The molecule has 0 rings (SSSR count). The number of hydrogen-bond acceptors (Lipinski definition) is 5. The molecule has 0 heterocycles. The van der Waals surface area contributed by atoms with Gasteiger partial charge in [0.05, 0.1) is 0 Å². The molecule has 0 saturated heterocycles. The first-order valence-corrected chi connectivity index (χ1v) is 2.83. The van der Waals surface area contributed by atoms with Gasteiger partial charge in [-0.2, -0.15) is 4.89 Å². The molecule has 1 N–H and O–H groups in total. The lowest BCUT2D eigenvalue weighted by molar-refractivity contribution is -0.308. The third kappa shape index (κ3) is 5.31. The largest absolute Gasteiger partial charge is 0.473 e. The Labute approximate surface area is 62.6 Å². The molecule has 0 bridgehead atoms. The zero-order chi connectivity index (χ0) is 8.69. The molecule has 64 valence electrons. The van der Waals surface area contributed by atoms with Crippen molar-refractivity contribution in [2.45, 2.75) is 6.92 Å². The van der Waals surface area contributed by atoms with Crippen LogP contribution in [0.25, 0.3) is 0 Å². The van der Waals surface area contributed by atoms with Crippen LogP contribution in [0, 0.1) is 0 Å². The van der Waals surface area contributed by atoms with Crippen LogP contribution in [0.5, 0.6) is 0 Å². The molecule has 0 spiro atoms. The van der Waals surface area contributed by atoms with E-state index in [0.29, 0.717) is 6.61 Å². The van der Waals surface area contributed by atoms with Crippen LogP contribution in [0.15, 0.2) is 0 Å². The molecule has 0 radical (unpaired) electrons. The van der Waals surface area contributed by atoms with Crippen molar-refractivity contribution in [2.24, 2.45) is 0 Å². The zero-order valence-electron chi connectivity index (χ0n) is 5.90. The van der Waals surface area contributed by atoms with E-state index in [1.807, 2.05) is 0 Å². The van der Waals surface area contributed by atoms with Gasteiger partial charge in [0.15, 0.2) is 6.79 Å². The van der Waals surface area contributed by atoms with Crippen molar-refractivity contribution in [1.29, 1.82) is 0 Å². The maximum Gasteiger partial charge on any atom is 0.449 e. The second-order valence-corrected chi connectivity index (χ2v) is 1.40. The number of hydrogen-bond donors (Lipinski definition) is 1. The van der Waals surface area contributed by atoms with Crippen molar-refractivity contribution in [3.63, 3.8) is 0 Å². The molecule has 6 heteroatoms. The van der Waals surface area contributed by atoms with Gasteiger partial charge in [-0.1, -0.05) is 0 Å². The van der Waals surface area contributed by atoms with E-state index in [9.17, 15) is 9.59 Å². The average Bonchev–Trinajstić information content (AvgIpc) is 1.97. The van der Waals surface area contributed by atoms with E-state index in [1.165, 1.54) is 0 Å². The van der Waals surface area contributed by atoms with Crippen LogP contribution < -0.4 is 0 Å². The van der Waals surface area contributed by atoms with Gasteiger partial charge < -0.3 is 9.84 Å². The smallest absolute Gasteiger partial charge is 0.449 e. The molecular formula is C5H8O6. The van der Waals surface area contributed by atoms with Crippen molar-refractivity contribution < 1.29 is 29.2 Å². The maximum atomic E-state index is 10.1. The standard InChI is InChI=1S/C5H8O6/c1-2-9-3-10-11-5(8)4(6)7/h2-3H2,1H3,(H,6,7). The molecule has 0 aliphatic rings. The second-order valence-electron chi connectivity index (χ2n) is 1.40. The summed E-state index contributed by atoms with van der Waals surface area (Å²) in [7, 11) is 0. The molecule has 11 heavy (non-hydrogen) atoms. The van der Waals surface area contributed by atoms with Crippen molar-refractivity contribution >= 4 is 11.9 Å². The first-order valence-electron chi connectivity index (χ1n) is 2.83. The molecule has 0 unspecified atom stereocenters. The van der Waals surface area contributed by atoms with E-state index in [2.05, 4.69) is 14.5 Å². The molecule has 0 aromatic heterocycles. The Morgan fingerprint density at radius 3 is 2.55 bits per heavy atom. The lowest BCUT2D eigenvalue weighted by atomic mass is 10.7. The number of carboxylic acid groups (broad SMARTS) is 1. The van der Waals surface area contributed by atoms with Crippen LogP contribution >= 0.6 is 0 Å². The molecule has 0 aromatic carbocycles. The first-order chi connectivity index (χ1) is 5.18. The van der Waals surface area contributed by atoms with Gasteiger partial charge in [-0.15, -0.1) is 0 Å². The summed E-state index contributed by atoms with van der Waals surface area (Å²) in [6, 6.07) is 0. The van der Waals surface area contributed by atoms with Gasteiger partial charge in [-0.05, 0) is 6.92 Å². The highest BCUT2D eigenvalue weighted by Crippen LogP contribution is 1.82. The van der Waals surface area contributed by atoms with Crippen molar-refractivity contribution in [3.05, 3.63) is 0 Å². The van der Waals surface area contributed by atoms with Crippen LogP contribution in [0.1, 0.15) is 6.92 Å². The Bertz CT molecular complexity index is 142. The third-order valence-corrected chi connectivity index (χ3v) is 0.645. The Morgan fingerprint density at radius 2 is 2.09 bits per heavy atom. The van der Waals surface area contributed by atoms with Gasteiger partial charge in [-0.25, -0.2) is 9.59 Å². The lowest BCUT2D eigenvalue weighted by Crippen LogP contribution is -2.17. The number of ether oxygens (including phenoxy) is 1.